The van der Waals surface area contributed by atoms with Crippen LogP contribution in [-0.4, -0.2) is 18.9 Å². The van der Waals surface area contributed by atoms with Gasteiger partial charge < -0.3 is 4.74 Å². The molecule has 0 aliphatic heterocycles. The van der Waals surface area contributed by atoms with E-state index in [0.29, 0.717) is 5.92 Å². The van der Waals surface area contributed by atoms with E-state index in [4.69, 9.17) is 4.74 Å². The van der Waals surface area contributed by atoms with Crippen molar-refractivity contribution in [2.45, 2.75) is 51.3 Å². The summed E-state index contributed by atoms with van der Waals surface area (Å²) < 4.78 is 40.4. The van der Waals surface area contributed by atoms with Crippen LogP contribution in [0.5, 0.6) is 0 Å². The van der Waals surface area contributed by atoms with Crippen LogP contribution in [0.1, 0.15) is 39.0 Å². The van der Waals surface area contributed by atoms with Crippen LogP contribution in [0.4, 0.5) is 13.2 Å². The highest BCUT2D eigenvalue weighted by atomic mass is 19.4. The molecule has 0 heterocycles. The summed E-state index contributed by atoms with van der Waals surface area (Å²) in [5.41, 5.74) is 0. The molecule has 1 nitrogen and oxygen atoms in total. The van der Waals surface area contributed by atoms with Gasteiger partial charge in [0.05, 0.1) is 6.10 Å². The van der Waals surface area contributed by atoms with Gasteiger partial charge in [-0.1, -0.05) is 19.3 Å². The highest BCUT2D eigenvalue weighted by Gasteiger charge is 2.30. The van der Waals surface area contributed by atoms with E-state index in [1.807, 2.05) is 0 Å². The molecule has 14 heavy (non-hydrogen) atoms. The van der Waals surface area contributed by atoms with Crippen LogP contribution < -0.4 is 0 Å². The Kier molecular flexibility index (Phi) is 4.23. The predicted octanol–water partition coefficient (Wildman–Crippen LogP) is 3.53. The van der Waals surface area contributed by atoms with Gasteiger partial charge in [-0.3, -0.25) is 0 Å². The summed E-state index contributed by atoms with van der Waals surface area (Å²) in [6, 6.07) is 0. The number of halogens is 3. The molecule has 0 saturated heterocycles. The van der Waals surface area contributed by atoms with Gasteiger partial charge in [-0.25, -0.2) is 0 Å². The SMILES string of the molecule is CC(OCC(F)(F)F)C1CCCCC1. The van der Waals surface area contributed by atoms with Crippen molar-refractivity contribution in [1.82, 2.24) is 0 Å². The fraction of sp³-hybridized carbons (Fsp3) is 1.00. The lowest BCUT2D eigenvalue weighted by Gasteiger charge is -2.27. The number of hydrogen-bond donors (Lipinski definition) is 0. The van der Waals surface area contributed by atoms with Crippen molar-refractivity contribution < 1.29 is 17.9 Å². The Bertz CT molecular complexity index is 161. The highest BCUT2D eigenvalue weighted by Crippen LogP contribution is 2.28. The van der Waals surface area contributed by atoms with Crippen LogP contribution >= 0.6 is 0 Å². The summed E-state index contributed by atoms with van der Waals surface area (Å²) in [4.78, 5) is 0. The zero-order valence-corrected chi connectivity index (χ0v) is 8.44. The summed E-state index contributed by atoms with van der Waals surface area (Å²) in [5.74, 6) is 0.325. The average Bonchev–Trinajstić information content (AvgIpc) is 2.14. The lowest BCUT2D eigenvalue weighted by atomic mass is 9.86. The van der Waals surface area contributed by atoms with E-state index in [1.54, 1.807) is 6.92 Å². The van der Waals surface area contributed by atoms with Crippen molar-refractivity contribution in [3.8, 4) is 0 Å². The molecule has 1 unspecified atom stereocenters. The van der Waals surface area contributed by atoms with E-state index in [9.17, 15) is 13.2 Å². The minimum atomic E-state index is -4.19. The quantitative estimate of drug-likeness (QED) is 0.692. The molecule has 0 aromatic heterocycles. The van der Waals surface area contributed by atoms with Crippen molar-refractivity contribution in [2.24, 2.45) is 5.92 Å². The number of alkyl halides is 3. The Morgan fingerprint density at radius 1 is 1.21 bits per heavy atom. The van der Waals surface area contributed by atoms with Gasteiger partial charge in [-0.2, -0.15) is 13.2 Å². The number of rotatable bonds is 3. The Morgan fingerprint density at radius 2 is 1.79 bits per heavy atom. The molecule has 84 valence electrons. The molecule has 1 saturated carbocycles. The molecule has 1 rings (SSSR count). The maximum absolute atomic E-state index is 11.9. The molecule has 0 spiro atoms. The van der Waals surface area contributed by atoms with Crippen molar-refractivity contribution in [2.75, 3.05) is 6.61 Å². The maximum atomic E-state index is 11.9. The van der Waals surface area contributed by atoms with E-state index in [2.05, 4.69) is 0 Å². The molecule has 0 amide bonds. The summed E-state index contributed by atoms with van der Waals surface area (Å²) in [5, 5.41) is 0. The minimum Gasteiger partial charge on any atom is -0.369 e. The van der Waals surface area contributed by atoms with Crippen LogP contribution in [0.2, 0.25) is 0 Å². The van der Waals surface area contributed by atoms with E-state index in [0.717, 1.165) is 25.7 Å². The summed E-state index contributed by atoms with van der Waals surface area (Å²) in [6.45, 7) is 0.645. The van der Waals surface area contributed by atoms with Gasteiger partial charge in [-0.15, -0.1) is 0 Å². The van der Waals surface area contributed by atoms with Gasteiger partial charge in [0, 0.05) is 0 Å². The van der Waals surface area contributed by atoms with Gasteiger partial charge in [0.25, 0.3) is 0 Å². The van der Waals surface area contributed by atoms with Crippen LogP contribution in [-0.2, 0) is 4.74 Å². The van der Waals surface area contributed by atoms with Crippen LogP contribution in [0.15, 0.2) is 0 Å². The average molecular weight is 210 g/mol. The van der Waals surface area contributed by atoms with Gasteiger partial charge in [-0.05, 0) is 25.7 Å². The maximum Gasteiger partial charge on any atom is 0.411 e. The van der Waals surface area contributed by atoms with Crippen LogP contribution in [0.25, 0.3) is 0 Å². The molecule has 0 radical (unpaired) electrons. The molecule has 4 heteroatoms. The topological polar surface area (TPSA) is 9.23 Å². The molecular weight excluding hydrogens is 193 g/mol. The molecule has 1 aliphatic carbocycles. The summed E-state index contributed by atoms with van der Waals surface area (Å²) >= 11 is 0. The third-order valence-electron chi connectivity index (χ3n) is 2.82. The van der Waals surface area contributed by atoms with Crippen LogP contribution in [0, 0.1) is 5.92 Å². The van der Waals surface area contributed by atoms with Gasteiger partial charge in [0.15, 0.2) is 0 Å². The normalized spacial score (nSPS) is 22.3. The fourth-order valence-corrected chi connectivity index (χ4v) is 1.97. The van der Waals surface area contributed by atoms with Crippen molar-refractivity contribution >= 4 is 0 Å². The molecule has 0 aromatic rings. The molecule has 1 atom stereocenters. The van der Waals surface area contributed by atoms with Gasteiger partial charge in [0.1, 0.15) is 6.61 Å². The largest absolute Gasteiger partial charge is 0.411 e. The Morgan fingerprint density at radius 3 is 2.29 bits per heavy atom. The zero-order valence-electron chi connectivity index (χ0n) is 8.44. The lowest BCUT2D eigenvalue weighted by molar-refractivity contribution is -0.189. The molecule has 0 N–H and O–H groups in total. The molecule has 0 aromatic carbocycles. The first-order chi connectivity index (χ1) is 6.49. The smallest absolute Gasteiger partial charge is 0.369 e. The highest BCUT2D eigenvalue weighted by molar-refractivity contribution is 4.71. The van der Waals surface area contributed by atoms with Crippen molar-refractivity contribution in [3.63, 3.8) is 0 Å². The Hall–Kier alpha value is -0.250. The third-order valence-corrected chi connectivity index (χ3v) is 2.82. The van der Waals surface area contributed by atoms with Gasteiger partial charge in [0.2, 0.25) is 0 Å². The lowest BCUT2D eigenvalue weighted by Crippen LogP contribution is -2.28. The van der Waals surface area contributed by atoms with E-state index in [1.165, 1.54) is 6.42 Å². The predicted molar refractivity (Wildman–Crippen MR) is 48.0 cm³/mol. The second kappa shape index (κ2) is 5.01. The zero-order chi connectivity index (χ0) is 10.6. The fourth-order valence-electron chi connectivity index (χ4n) is 1.97. The second-order valence-corrected chi connectivity index (χ2v) is 4.03. The van der Waals surface area contributed by atoms with Gasteiger partial charge >= 0.3 is 6.18 Å². The Labute approximate surface area is 82.6 Å². The first kappa shape index (κ1) is 11.8. The summed E-state index contributed by atoms with van der Waals surface area (Å²) in [7, 11) is 0. The molecule has 1 fully saturated rings. The first-order valence-corrected chi connectivity index (χ1v) is 5.17. The molecule has 0 bridgehead atoms. The minimum absolute atomic E-state index is 0.253. The first-order valence-electron chi connectivity index (χ1n) is 5.17. The third kappa shape index (κ3) is 4.31. The number of hydrogen-bond acceptors (Lipinski definition) is 1. The number of ether oxygens (including phenoxy) is 1. The molecular formula is C10H17F3O. The molecule has 1 aliphatic rings. The van der Waals surface area contributed by atoms with E-state index >= 15 is 0 Å². The second-order valence-electron chi connectivity index (χ2n) is 4.03. The summed E-state index contributed by atoms with van der Waals surface area (Å²) in [6.07, 6.45) is 1.05. The van der Waals surface area contributed by atoms with Crippen molar-refractivity contribution in [1.29, 1.82) is 0 Å². The Balaban J connectivity index is 2.23. The van der Waals surface area contributed by atoms with E-state index in [-0.39, 0.29) is 6.10 Å². The standard InChI is InChI=1S/C10H17F3O/c1-8(14-7-10(11,12)13)9-5-3-2-4-6-9/h8-9H,2-7H2,1H3. The van der Waals surface area contributed by atoms with Crippen LogP contribution in [0.3, 0.4) is 0 Å². The van der Waals surface area contributed by atoms with E-state index < -0.39 is 12.8 Å². The monoisotopic (exact) mass is 210 g/mol. The van der Waals surface area contributed by atoms with Crippen molar-refractivity contribution in [3.05, 3.63) is 0 Å².